The van der Waals surface area contributed by atoms with Gasteiger partial charge in [0.1, 0.15) is 11.9 Å². The third-order valence-corrected chi connectivity index (χ3v) is 3.60. The molecular formula is C16H17N3O3. The quantitative estimate of drug-likeness (QED) is 0.861. The molecule has 1 aliphatic rings. The highest BCUT2D eigenvalue weighted by molar-refractivity contribution is 5.97. The van der Waals surface area contributed by atoms with Crippen LogP contribution in [0, 0.1) is 0 Å². The maximum absolute atomic E-state index is 12.6. The molecule has 1 atom stereocenters. The minimum Gasteiger partial charge on any atom is -0.496 e. The molecule has 22 heavy (non-hydrogen) atoms. The van der Waals surface area contributed by atoms with E-state index in [9.17, 15) is 4.79 Å². The van der Waals surface area contributed by atoms with Crippen molar-refractivity contribution in [2.24, 2.45) is 0 Å². The normalized spacial score (nSPS) is 17.3. The van der Waals surface area contributed by atoms with Gasteiger partial charge in [0.05, 0.1) is 25.4 Å². The van der Waals surface area contributed by atoms with E-state index in [0.717, 1.165) is 6.42 Å². The number of methoxy groups -OCH3 is 1. The predicted octanol–water partition coefficient (Wildman–Crippen LogP) is 1.78. The van der Waals surface area contributed by atoms with Crippen LogP contribution in [0.2, 0.25) is 0 Å². The molecule has 2 heterocycles. The summed E-state index contributed by atoms with van der Waals surface area (Å²) in [5.74, 6) is 1.03. The zero-order chi connectivity index (χ0) is 15.4. The van der Waals surface area contributed by atoms with Crippen molar-refractivity contribution in [1.82, 2.24) is 14.9 Å². The van der Waals surface area contributed by atoms with E-state index in [1.54, 1.807) is 42.7 Å². The van der Waals surface area contributed by atoms with Crippen molar-refractivity contribution < 1.29 is 14.3 Å². The van der Waals surface area contributed by atoms with Gasteiger partial charge in [-0.3, -0.25) is 9.78 Å². The van der Waals surface area contributed by atoms with Crippen LogP contribution in [0.1, 0.15) is 16.8 Å². The van der Waals surface area contributed by atoms with E-state index in [2.05, 4.69) is 9.97 Å². The van der Waals surface area contributed by atoms with Crippen molar-refractivity contribution in [3.8, 4) is 11.6 Å². The largest absolute Gasteiger partial charge is 0.496 e. The molecule has 114 valence electrons. The number of carbonyl (C=O) groups excluding carboxylic acids is 1. The number of benzene rings is 1. The summed E-state index contributed by atoms with van der Waals surface area (Å²) in [7, 11) is 1.57. The lowest BCUT2D eigenvalue weighted by molar-refractivity contribution is 0.0767. The number of amides is 1. The molecule has 6 nitrogen and oxygen atoms in total. The van der Waals surface area contributed by atoms with Gasteiger partial charge >= 0.3 is 0 Å². The number of nitrogens with zero attached hydrogens (tertiary/aromatic N) is 3. The molecule has 6 heteroatoms. The molecule has 1 unspecified atom stereocenters. The van der Waals surface area contributed by atoms with E-state index in [1.807, 2.05) is 12.1 Å². The summed E-state index contributed by atoms with van der Waals surface area (Å²) in [6.45, 7) is 1.19. The summed E-state index contributed by atoms with van der Waals surface area (Å²) in [5.41, 5.74) is 0.574. The zero-order valence-corrected chi connectivity index (χ0v) is 12.3. The number of hydrogen-bond donors (Lipinski definition) is 0. The fourth-order valence-electron chi connectivity index (χ4n) is 2.52. The van der Waals surface area contributed by atoms with E-state index in [1.165, 1.54) is 0 Å². The van der Waals surface area contributed by atoms with Crippen molar-refractivity contribution in [3.05, 3.63) is 48.4 Å². The smallest absolute Gasteiger partial charge is 0.257 e. The highest BCUT2D eigenvalue weighted by Gasteiger charge is 2.29. The summed E-state index contributed by atoms with van der Waals surface area (Å²) in [4.78, 5) is 22.4. The Morgan fingerprint density at radius 3 is 2.95 bits per heavy atom. The van der Waals surface area contributed by atoms with E-state index < -0.39 is 0 Å². The second kappa shape index (κ2) is 6.43. The monoisotopic (exact) mass is 299 g/mol. The Kier molecular flexibility index (Phi) is 4.18. The van der Waals surface area contributed by atoms with Crippen LogP contribution in [0.25, 0.3) is 0 Å². The molecule has 1 aromatic heterocycles. The van der Waals surface area contributed by atoms with Crippen molar-refractivity contribution in [3.63, 3.8) is 0 Å². The Morgan fingerprint density at radius 2 is 2.18 bits per heavy atom. The first kappa shape index (κ1) is 14.3. The SMILES string of the molecule is COc1ccccc1C(=O)N1CCC(Oc2cnccn2)C1. The first-order valence-corrected chi connectivity index (χ1v) is 7.13. The Bertz CT molecular complexity index is 648. The highest BCUT2D eigenvalue weighted by Crippen LogP contribution is 2.23. The number of aromatic nitrogens is 2. The van der Waals surface area contributed by atoms with Crippen LogP contribution in [0.3, 0.4) is 0 Å². The van der Waals surface area contributed by atoms with Gasteiger partial charge in [0.2, 0.25) is 5.88 Å². The predicted molar refractivity (Wildman–Crippen MR) is 80.0 cm³/mol. The zero-order valence-electron chi connectivity index (χ0n) is 12.3. The van der Waals surface area contributed by atoms with Gasteiger partial charge in [0, 0.05) is 25.4 Å². The number of para-hydroxylation sites is 1. The van der Waals surface area contributed by atoms with Crippen molar-refractivity contribution in [2.75, 3.05) is 20.2 Å². The Balaban J connectivity index is 1.66. The molecule has 1 amide bonds. The van der Waals surface area contributed by atoms with Crippen LogP contribution in [0.5, 0.6) is 11.6 Å². The molecule has 1 aromatic carbocycles. The fraction of sp³-hybridized carbons (Fsp3) is 0.312. The number of rotatable bonds is 4. The van der Waals surface area contributed by atoms with Crippen molar-refractivity contribution in [1.29, 1.82) is 0 Å². The number of ether oxygens (including phenoxy) is 2. The van der Waals surface area contributed by atoms with Crippen molar-refractivity contribution >= 4 is 5.91 Å². The molecule has 1 fully saturated rings. The van der Waals surface area contributed by atoms with E-state index >= 15 is 0 Å². The van der Waals surface area contributed by atoms with Gasteiger partial charge in [-0.1, -0.05) is 12.1 Å². The van der Waals surface area contributed by atoms with Gasteiger partial charge in [0.25, 0.3) is 5.91 Å². The van der Waals surface area contributed by atoms with Gasteiger partial charge in [-0.2, -0.15) is 0 Å². The summed E-state index contributed by atoms with van der Waals surface area (Å²) in [6, 6.07) is 7.24. The maximum Gasteiger partial charge on any atom is 0.257 e. The van der Waals surface area contributed by atoms with Gasteiger partial charge in [-0.15, -0.1) is 0 Å². The molecule has 0 spiro atoms. The molecule has 0 radical (unpaired) electrons. The fourth-order valence-corrected chi connectivity index (χ4v) is 2.52. The molecule has 1 aliphatic heterocycles. The average Bonchev–Trinajstić information content (AvgIpc) is 3.03. The summed E-state index contributed by atoms with van der Waals surface area (Å²) < 4.78 is 11.0. The number of carbonyl (C=O) groups is 1. The van der Waals surface area contributed by atoms with Gasteiger partial charge in [-0.25, -0.2) is 4.98 Å². The topological polar surface area (TPSA) is 64.5 Å². The average molecular weight is 299 g/mol. The first-order chi connectivity index (χ1) is 10.8. The summed E-state index contributed by atoms with van der Waals surface area (Å²) >= 11 is 0. The van der Waals surface area contributed by atoms with Crippen LogP contribution < -0.4 is 9.47 Å². The van der Waals surface area contributed by atoms with Crippen LogP contribution in [-0.4, -0.2) is 47.1 Å². The first-order valence-electron chi connectivity index (χ1n) is 7.13. The van der Waals surface area contributed by atoms with Crippen LogP contribution in [-0.2, 0) is 0 Å². The lowest BCUT2D eigenvalue weighted by Gasteiger charge is -2.18. The maximum atomic E-state index is 12.6. The Labute approximate surface area is 128 Å². The molecular weight excluding hydrogens is 282 g/mol. The lowest BCUT2D eigenvalue weighted by atomic mass is 10.2. The second-order valence-electron chi connectivity index (χ2n) is 5.02. The van der Waals surface area contributed by atoms with E-state index in [-0.39, 0.29) is 12.0 Å². The Morgan fingerprint density at radius 1 is 1.32 bits per heavy atom. The summed E-state index contributed by atoms with van der Waals surface area (Å²) in [5, 5.41) is 0. The third kappa shape index (κ3) is 3.00. The van der Waals surface area contributed by atoms with Crippen molar-refractivity contribution in [2.45, 2.75) is 12.5 Å². The number of hydrogen-bond acceptors (Lipinski definition) is 5. The molecule has 1 saturated heterocycles. The standard InChI is InChI=1S/C16H17N3O3/c1-21-14-5-3-2-4-13(14)16(20)19-9-6-12(11-19)22-15-10-17-7-8-18-15/h2-5,7-8,10,12H,6,9,11H2,1H3. The Hall–Kier alpha value is -2.63. The van der Waals surface area contributed by atoms with E-state index in [0.29, 0.717) is 30.3 Å². The highest BCUT2D eigenvalue weighted by atomic mass is 16.5. The molecule has 2 aromatic rings. The van der Waals surface area contributed by atoms with Gasteiger partial charge in [-0.05, 0) is 12.1 Å². The van der Waals surface area contributed by atoms with Gasteiger partial charge in [0.15, 0.2) is 0 Å². The molecule has 0 bridgehead atoms. The molecule has 0 aliphatic carbocycles. The molecule has 0 N–H and O–H groups in total. The van der Waals surface area contributed by atoms with Crippen LogP contribution in [0.4, 0.5) is 0 Å². The number of likely N-dealkylation sites (tertiary alicyclic amines) is 1. The summed E-state index contributed by atoms with van der Waals surface area (Å²) in [6.07, 6.45) is 5.47. The van der Waals surface area contributed by atoms with E-state index in [4.69, 9.17) is 9.47 Å². The van der Waals surface area contributed by atoms with Gasteiger partial charge < -0.3 is 14.4 Å². The minimum absolute atomic E-state index is 0.0392. The van der Waals surface area contributed by atoms with Crippen LogP contribution >= 0.6 is 0 Å². The lowest BCUT2D eigenvalue weighted by Crippen LogP contribution is -2.31. The molecule has 0 saturated carbocycles. The second-order valence-corrected chi connectivity index (χ2v) is 5.02. The molecule has 3 rings (SSSR count). The minimum atomic E-state index is -0.0599. The third-order valence-electron chi connectivity index (χ3n) is 3.60. The van der Waals surface area contributed by atoms with Crippen LogP contribution in [0.15, 0.2) is 42.9 Å².